The number of aryl methyl sites for hydroxylation is 1. The maximum absolute atomic E-state index is 5.80. The summed E-state index contributed by atoms with van der Waals surface area (Å²) in [7, 11) is 0. The Hall–Kier alpha value is -1.68. The van der Waals surface area contributed by atoms with E-state index < -0.39 is 0 Å². The summed E-state index contributed by atoms with van der Waals surface area (Å²) in [6.45, 7) is 8.08. The molecule has 2 aromatic rings. The number of aromatic nitrogens is 3. The van der Waals surface area contributed by atoms with E-state index in [0.717, 1.165) is 22.8 Å². The third-order valence-electron chi connectivity index (χ3n) is 3.17. The van der Waals surface area contributed by atoms with Crippen LogP contribution in [0.5, 0.6) is 0 Å². The predicted molar refractivity (Wildman–Crippen MR) is 68.2 cm³/mol. The van der Waals surface area contributed by atoms with Gasteiger partial charge in [0.2, 0.25) is 0 Å². The van der Waals surface area contributed by atoms with Gasteiger partial charge in [-0.1, -0.05) is 6.07 Å². The molecule has 0 aliphatic carbocycles. The maximum atomic E-state index is 5.80. The highest BCUT2D eigenvalue weighted by molar-refractivity contribution is 5.32. The van der Waals surface area contributed by atoms with Crippen LogP contribution >= 0.6 is 0 Å². The molecule has 0 aromatic carbocycles. The first-order valence-electron chi connectivity index (χ1n) is 5.75. The van der Waals surface area contributed by atoms with Gasteiger partial charge in [-0.2, -0.15) is 5.10 Å². The Bertz CT molecular complexity index is 523. The first-order chi connectivity index (χ1) is 8.00. The van der Waals surface area contributed by atoms with E-state index in [2.05, 4.69) is 23.9 Å². The second-order valence-electron chi connectivity index (χ2n) is 4.45. The molecule has 0 saturated heterocycles. The van der Waals surface area contributed by atoms with Crippen LogP contribution in [-0.2, 0) is 0 Å². The fraction of sp³-hybridized carbons (Fsp3) is 0.385. The fourth-order valence-corrected chi connectivity index (χ4v) is 1.74. The molecule has 4 heteroatoms. The number of nitrogens with zero attached hydrogens (tertiary/aromatic N) is 3. The van der Waals surface area contributed by atoms with Crippen LogP contribution in [-0.4, -0.2) is 14.8 Å². The topological polar surface area (TPSA) is 56.7 Å². The van der Waals surface area contributed by atoms with Gasteiger partial charge in [0.15, 0.2) is 5.82 Å². The molecule has 4 nitrogen and oxygen atoms in total. The Kier molecular flexibility index (Phi) is 2.98. The number of nitrogens with two attached hydrogens (primary N) is 1. The van der Waals surface area contributed by atoms with Gasteiger partial charge in [0.05, 0.1) is 5.69 Å². The van der Waals surface area contributed by atoms with Crippen LogP contribution in [0, 0.1) is 20.8 Å². The zero-order chi connectivity index (χ0) is 12.6. The molecule has 0 spiro atoms. The summed E-state index contributed by atoms with van der Waals surface area (Å²) in [6, 6.07) is 3.97. The van der Waals surface area contributed by atoms with Crippen LogP contribution in [0.4, 0.5) is 0 Å². The molecule has 0 bridgehead atoms. The van der Waals surface area contributed by atoms with E-state index in [0.29, 0.717) is 0 Å². The summed E-state index contributed by atoms with van der Waals surface area (Å²) in [6.07, 6.45) is 1.81. The van der Waals surface area contributed by atoms with E-state index in [4.69, 9.17) is 5.73 Å². The number of hydrogen-bond acceptors (Lipinski definition) is 3. The highest BCUT2D eigenvalue weighted by Crippen LogP contribution is 2.16. The van der Waals surface area contributed by atoms with Crippen molar-refractivity contribution in [3.8, 4) is 5.82 Å². The van der Waals surface area contributed by atoms with E-state index in [9.17, 15) is 0 Å². The summed E-state index contributed by atoms with van der Waals surface area (Å²) in [4.78, 5) is 4.41. The average Bonchev–Trinajstić information content (AvgIpc) is 2.57. The largest absolute Gasteiger partial charge is 0.324 e. The highest BCUT2D eigenvalue weighted by Gasteiger charge is 2.10. The molecule has 0 amide bonds. The van der Waals surface area contributed by atoms with Crippen molar-refractivity contribution in [3.05, 3.63) is 40.8 Å². The third-order valence-corrected chi connectivity index (χ3v) is 3.17. The molecule has 0 fully saturated rings. The van der Waals surface area contributed by atoms with Crippen molar-refractivity contribution in [2.45, 2.75) is 33.7 Å². The van der Waals surface area contributed by atoms with Crippen LogP contribution in [0.1, 0.15) is 35.5 Å². The van der Waals surface area contributed by atoms with Crippen molar-refractivity contribution < 1.29 is 0 Å². The number of rotatable bonds is 2. The second kappa shape index (κ2) is 4.30. The van der Waals surface area contributed by atoms with Crippen molar-refractivity contribution in [2.24, 2.45) is 5.73 Å². The molecule has 1 atom stereocenters. The molecule has 2 rings (SSSR count). The quantitative estimate of drug-likeness (QED) is 0.860. The van der Waals surface area contributed by atoms with Gasteiger partial charge in [0.1, 0.15) is 0 Å². The van der Waals surface area contributed by atoms with E-state index in [-0.39, 0.29) is 6.04 Å². The predicted octanol–water partition coefficient (Wildman–Crippen LogP) is 2.21. The lowest BCUT2D eigenvalue weighted by Gasteiger charge is -2.07. The van der Waals surface area contributed by atoms with Crippen molar-refractivity contribution in [3.63, 3.8) is 0 Å². The van der Waals surface area contributed by atoms with Gasteiger partial charge in [0, 0.05) is 17.9 Å². The fourth-order valence-electron chi connectivity index (χ4n) is 1.74. The summed E-state index contributed by atoms with van der Waals surface area (Å²) in [5.41, 5.74) is 10.2. The number of hydrogen-bond donors (Lipinski definition) is 1. The average molecular weight is 230 g/mol. The second-order valence-corrected chi connectivity index (χ2v) is 4.45. The standard InChI is InChI=1S/C13H18N4/c1-8-10(3)16-17(11(8)4)13-6-5-12(7-15-13)9(2)14/h5-7,9H,14H2,1-4H3/t9-/m0/s1. The van der Waals surface area contributed by atoms with Gasteiger partial charge < -0.3 is 5.73 Å². The zero-order valence-corrected chi connectivity index (χ0v) is 10.7. The first-order valence-corrected chi connectivity index (χ1v) is 5.75. The lowest BCUT2D eigenvalue weighted by Crippen LogP contribution is -2.07. The third kappa shape index (κ3) is 2.08. The minimum Gasteiger partial charge on any atom is -0.324 e. The highest BCUT2D eigenvalue weighted by atomic mass is 15.3. The van der Waals surface area contributed by atoms with Gasteiger partial charge in [-0.05, 0) is 44.9 Å². The molecular weight excluding hydrogens is 212 g/mol. The summed E-state index contributed by atoms with van der Waals surface area (Å²) in [5, 5.41) is 4.48. The molecule has 0 aliphatic rings. The summed E-state index contributed by atoms with van der Waals surface area (Å²) >= 11 is 0. The normalized spacial score (nSPS) is 12.8. The molecule has 90 valence electrons. The molecule has 0 radical (unpaired) electrons. The minimum atomic E-state index is 0.0127. The molecule has 0 unspecified atom stereocenters. The van der Waals surface area contributed by atoms with E-state index in [1.165, 1.54) is 5.56 Å². The van der Waals surface area contributed by atoms with E-state index >= 15 is 0 Å². The minimum absolute atomic E-state index is 0.0127. The lowest BCUT2D eigenvalue weighted by atomic mass is 10.1. The maximum Gasteiger partial charge on any atom is 0.153 e. The Morgan fingerprint density at radius 1 is 1.24 bits per heavy atom. The first kappa shape index (κ1) is 11.8. The van der Waals surface area contributed by atoms with Crippen molar-refractivity contribution in [1.29, 1.82) is 0 Å². The van der Waals surface area contributed by atoms with Gasteiger partial charge in [-0.15, -0.1) is 0 Å². The molecular formula is C13H18N4. The van der Waals surface area contributed by atoms with Crippen molar-refractivity contribution in [1.82, 2.24) is 14.8 Å². The van der Waals surface area contributed by atoms with Gasteiger partial charge in [-0.3, -0.25) is 0 Å². The zero-order valence-electron chi connectivity index (χ0n) is 10.7. The van der Waals surface area contributed by atoms with E-state index in [1.807, 2.05) is 36.9 Å². The van der Waals surface area contributed by atoms with E-state index in [1.54, 1.807) is 0 Å². The Morgan fingerprint density at radius 2 is 1.94 bits per heavy atom. The number of pyridine rings is 1. The van der Waals surface area contributed by atoms with Gasteiger partial charge >= 0.3 is 0 Å². The van der Waals surface area contributed by atoms with Crippen LogP contribution in [0.25, 0.3) is 5.82 Å². The van der Waals surface area contributed by atoms with Gasteiger partial charge in [0.25, 0.3) is 0 Å². The Morgan fingerprint density at radius 3 is 2.35 bits per heavy atom. The van der Waals surface area contributed by atoms with Crippen molar-refractivity contribution >= 4 is 0 Å². The Balaban J connectivity index is 2.43. The SMILES string of the molecule is Cc1nn(-c2ccc([C@H](C)N)cn2)c(C)c1C. The van der Waals surface area contributed by atoms with Crippen LogP contribution in [0.2, 0.25) is 0 Å². The lowest BCUT2D eigenvalue weighted by molar-refractivity contribution is 0.783. The monoisotopic (exact) mass is 230 g/mol. The molecule has 2 aromatic heterocycles. The van der Waals surface area contributed by atoms with Gasteiger partial charge in [-0.25, -0.2) is 9.67 Å². The van der Waals surface area contributed by atoms with Crippen molar-refractivity contribution in [2.75, 3.05) is 0 Å². The molecule has 2 heterocycles. The Labute approximate surface area is 101 Å². The van der Waals surface area contributed by atoms with Crippen LogP contribution < -0.4 is 5.73 Å². The summed E-state index contributed by atoms with van der Waals surface area (Å²) in [5.74, 6) is 0.836. The smallest absolute Gasteiger partial charge is 0.153 e. The van der Waals surface area contributed by atoms with Crippen LogP contribution in [0.15, 0.2) is 18.3 Å². The van der Waals surface area contributed by atoms with Crippen LogP contribution in [0.3, 0.4) is 0 Å². The molecule has 0 aliphatic heterocycles. The molecule has 17 heavy (non-hydrogen) atoms. The molecule has 0 saturated carbocycles. The summed E-state index contributed by atoms with van der Waals surface area (Å²) < 4.78 is 1.87. The molecule has 2 N–H and O–H groups in total.